The number of thiol groups is 1. The topological polar surface area (TPSA) is 64.3 Å². The van der Waals surface area contributed by atoms with Crippen LogP contribution in [-0.2, 0) is 4.74 Å². The molecule has 0 aliphatic carbocycles. The van der Waals surface area contributed by atoms with E-state index in [1.165, 1.54) is 38.8 Å². The molecule has 1 amide bonds. The molecule has 0 aliphatic heterocycles. The molecule has 0 heterocycles. The number of hydrogen-bond acceptors (Lipinski definition) is 4. The molecule has 0 saturated heterocycles. The SMILES string of the molecule is CCCCNCCCC.NC(=O)OCS. The summed E-state index contributed by atoms with van der Waals surface area (Å²) < 4.78 is 4.04. The summed E-state index contributed by atoms with van der Waals surface area (Å²) in [5, 5.41) is 3.39. The van der Waals surface area contributed by atoms with Gasteiger partial charge in [0.05, 0.1) is 0 Å². The summed E-state index contributed by atoms with van der Waals surface area (Å²) in [4.78, 5) is 9.55. The van der Waals surface area contributed by atoms with Crippen molar-refractivity contribution in [3.05, 3.63) is 0 Å². The van der Waals surface area contributed by atoms with E-state index in [4.69, 9.17) is 0 Å². The highest BCUT2D eigenvalue weighted by atomic mass is 32.1. The summed E-state index contributed by atoms with van der Waals surface area (Å²) in [7, 11) is 0. The zero-order valence-electron chi connectivity index (χ0n) is 9.79. The van der Waals surface area contributed by atoms with Crippen LogP contribution >= 0.6 is 12.6 Å². The number of carbonyl (C=O) groups excluding carboxylic acids is 1. The number of nitrogens with one attached hydrogen (secondary N) is 1. The van der Waals surface area contributed by atoms with Gasteiger partial charge in [0.15, 0.2) is 0 Å². The number of nitrogens with two attached hydrogens (primary N) is 1. The predicted molar refractivity (Wildman–Crippen MR) is 67.2 cm³/mol. The fourth-order valence-electron chi connectivity index (χ4n) is 0.792. The fraction of sp³-hybridized carbons (Fsp3) is 0.900. The normalized spacial score (nSPS) is 9.00. The van der Waals surface area contributed by atoms with Gasteiger partial charge in [0.2, 0.25) is 0 Å². The van der Waals surface area contributed by atoms with E-state index in [0.717, 1.165) is 0 Å². The van der Waals surface area contributed by atoms with Gasteiger partial charge in [-0.3, -0.25) is 0 Å². The van der Waals surface area contributed by atoms with Gasteiger partial charge in [-0.2, -0.15) is 0 Å². The summed E-state index contributed by atoms with van der Waals surface area (Å²) in [5.41, 5.74) is 4.49. The van der Waals surface area contributed by atoms with Gasteiger partial charge in [-0.1, -0.05) is 26.7 Å². The van der Waals surface area contributed by atoms with E-state index in [1.54, 1.807) is 0 Å². The minimum atomic E-state index is -0.787. The van der Waals surface area contributed by atoms with E-state index in [1.807, 2.05) is 0 Å². The number of primary amides is 1. The maximum absolute atomic E-state index is 9.55. The van der Waals surface area contributed by atoms with Gasteiger partial charge in [-0.25, -0.2) is 4.79 Å². The molecule has 0 aromatic carbocycles. The molecule has 0 aliphatic rings. The maximum atomic E-state index is 9.55. The van der Waals surface area contributed by atoms with Crippen molar-refractivity contribution < 1.29 is 9.53 Å². The molecule has 92 valence electrons. The van der Waals surface area contributed by atoms with Gasteiger partial charge in [0.25, 0.3) is 0 Å². The predicted octanol–water partition coefficient (Wildman–Crippen LogP) is 2.15. The highest BCUT2D eigenvalue weighted by Gasteiger charge is 1.83. The van der Waals surface area contributed by atoms with Crippen molar-refractivity contribution in [2.45, 2.75) is 39.5 Å². The van der Waals surface area contributed by atoms with Gasteiger partial charge in [-0.15, -0.1) is 12.6 Å². The Morgan fingerprint density at radius 2 is 1.73 bits per heavy atom. The Morgan fingerprint density at radius 3 is 1.93 bits per heavy atom. The molecule has 0 bridgehead atoms. The van der Waals surface area contributed by atoms with Crippen LogP contribution in [0.25, 0.3) is 0 Å². The van der Waals surface area contributed by atoms with E-state index >= 15 is 0 Å². The molecule has 0 atom stereocenters. The van der Waals surface area contributed by atoms with Crippen LogP contribution in [0.2, 0.25) is 0 Å². The van der Waals surface area contributed by atoms with Gasteiger partial charge in [0, 0.05) is 0 Å². The van der Waals surface area contributed by atoms with Crippen molar-refractivity contribution in [2.24, 2.45) is 5.73 Å². The van der Waals surface area contributed by atoms with E-state index in [2.05, 4.69) is 42.3 Å². The monoisotopic (exact) mass is 236 g/mol. The molecular formula is C10H24N2O2S. The van der Waals surface area contributed by atoms with Gasteiger partial charge in [-0.05, 0) is 25.9 Å². The number of hydrogen-bond donors (Lipinski definition) is 3. The van der Waals surface area contributed by atoms with Crippen molar-refractivity contribution >= 4 is 18.7 Å². The molecule has 5 heteroatoms. The zero-order valence-corrected chi connectivity index (χ0v) is 10.7. The second-order valence-corrected chi connectivity index (χ2v) is 3.31. The highest BCUT2D eigenvalue weighted by Crippen LogP contribution is 1.85. The third kappa shape index (κ3) is 24.7. The molecule has 0 rings (SSSR count). The van der Waals surface area contributed by atoms with Crippen LogP contribution in [-0.4, -0.2) is 25.1 Å². The van der Waals surface area contributed by atoms with Crippen molar-refractivity contribution in [1.29, 1.82) is 0 Å². The lowest BCUT2D eigenvalue weighted by molar-refractivity contribution is 0.177. The zero-order chi connectivity index (χ0) is 11.9. The fourth-order valence-corrected chi connectivity index (χ4v) is 0.919. The summed E-state index contributed by atoms with van der Waals surface area (Å²) in [6.45, 7) is 6.86. The Bertz CT molecular complexity index is 129. The Morgan fingerprint density at radius 1 is 1.27 bits per heavy atom. The lowest BCUT2D eigenvalue weighted by atomic mass is 10.3. The number of ether oxygens (including phenoxy) is 1. The summed E-state index contributed by atoms with van der Waals surface area (Å²) in [6, 6.07) is 0. The third-order valence-electron chi connectivity index (χ3n) is 1.62. The second-order valence-electron chi connectivity index (χ2n) is 3.05. The molecule has 0 aromatic rings. The van der Waals surface area contributed by atoms with Gasteiger partial charge < -0.3 is 15.8 Å². The molecule has 15 heavy (non-hydrogen) atoms. The third-order valence-corrected chi connectivity index (χ3v) is 1.75. The van der Waals surface area contributed by atoms with Crippen molar-refractivity contribution in [3.8, 4) is 0 Å². The molecule has 0 unspecified atom stereocenters. The number of rotatable bonds is 7. The van der Waals surface area contributed by atoms with Crippen molar-refractivity contribution in [1.82, 2.24) is 5.32 Å². The van der Waals surface area contributed by atoms with Crippen LogP contribution in [0.15, 0.2) is 0 Å². The van der Waals surface area contributed by atoms with Gasteiger partial charge >= 0.3 is 6.09 Å². The van der Waals surface area contributed by atoms with E-state index < -0.39 is 6.09 Å². The first-order chi connectivity index (χ1) is 7.18. The number of unbranched alkanes of at least 4 members (excludes halogenated alkanes) is 2. The van der Waals surface area contributed by atoms with Crippen LogP contribution in [0, 0.1) is 0 Å². The molecule has 0 fully saturated rings. The van der Waals surface area contributed by atoms with Crippen LogP contribution in [0.3, 0.4) is 0 Å². The molecule has 0 spiro atoms. The molecule has 0 radical (unpaired) electrons. The van der Waals surface area contributed by atoms with Gasteiger partial charge in [0.1, 0.15) is 5.94 Å². The summed E-state index contributed by atoms with van der Waals surface area (Å²) in [5.74, 6) is 0.0509. The first kappa shape index (κ1) is 17.0. The van der Waals surface area contributed by atoms with Crippen LogP contribution in [0.1, 0.15) is 39.5 Å². The second kappa shape index (κ2) is 16.0. The van der Waals surface area contributed by atoms with Crippen molar-refractivity contribution in [3.63, 3.8) is 0 Å². The largest absolute Gasteiger partial charge is 0.439 e. The minimum Gasteiger partial charge on any atom is -0.439 e. The van der Waals surface area contributed by atoms with Crippen LogP contribution in [0.4, 0.5) is 4.79 Å². The summed E-state index contributed by atoms with van der Waals surface area (Å²) >= 11 is 3.54. The van der Waals surface area contributed by atoms with E-state index in [9.17, 15) is 4.79 Å². The standard InChI is InChI=1S/C8H19N.C2H5NO2S/c1-3-5-7-9-8-6-4-2;3-2(4)5-1-6/h9H,3-8H2,1-2H3;6H,1H2,(H2,3,4). The van der Waals surface area contributed by atoms with Crippen LogP contribution < -0.4 is 11.1 Å². The Hall–Kier alpha value is -0.420. The summed E-state index contributed by atoms with van der Waals surface area (Å²) in [6.07, 6.45) is 4.47. The quantitative estimate of drug-likeness (QED) is 0.360. The first-order valence-electron chi connectivity index (χ1n) is 5.42. The molecule has 3 N–H and O–H groups in total. The smallest absolute Gasteiger partial charge is 0.405 e. The molecule has 0 aromatic heterocycles. The van der Waals surface area contributed by atoms with E-state index in [0.29, 0.717) is 0 Å². The Labute approximate surface area is 98.3 Å². The highest BCUT2D eigenvalue weighted by molar-refractivity contribution is 7.80. The Kier molecular flexibility index (Phi) is 18.2. The van der Waals surface area contributed by atoms with Crippen molar-refractivity contribution in [2.75, 3.05) is 19.0 Å². The maximum Gasteiger partial charge on any atom is 0.405 e. The number of carbonyl (C=O) groups is 1. The lowest BCUT2D eigenvalue weighted by Gasteiger charge is -1.99. The average molecular weight is 236 g/mol. The molecule has 4 nitrogen and oxygen atoms in total. The van der Waals surface area contributed by atoms with Crippen LogP contribution in [0.5, 0.6) is 0 Å². The molecular weight excluding hydrogens is 212 g/mol. The average Bonchev–Trinajstić information content (AvgIpc) is 2.18. The lowest BCUT2D eigenvalue weighted by Crippen LogP contribution is -2.15. The number of amides is 1. The molecule has 0 saturated carbocycles. The Balaban J connectivity index is 0. The van der Waals surface area contributed by atoms with E-state index in [-0.39, 0.29) is 5.94 Å². The first-order valence-corrected chi connectivity index (χ1v) is 6.06. The minimum absolute atomic E-state index is 0.0509.